The number of piperazine rings is 1. The van der Waals surface area contributed by atoms with Gasteiger partial charge in [0.1, 0.15) is 0 Å². The molecular weight excluding hydrogens is 270 g/mol. The summed E-state index contributed by atoms with van der Waals surface area (Å²) in [7, 11) is 0. The number of aromatic nitrogens is 3. The summed E-state index contributed by atoms with van der Waals surface area (Å²) in [6, 6.07) is 0.550. The summed E-state index contributed by atoms with van der Waals surface area (Å²) in [4.78, 5) is 4.88. The highest BCUT2D eigenvalue weighted by Gasteiger charge is 2.25. The van der Waals surface area contributed by atoms with Crippen LogP contribution in [0.1, 0.15) is 45.1 Å². The lowest BCUT2D eigenvalue weighted by Crippen LogP contribution is -2.47. The second kappa shape index (κ2) is 6.26. The van der Waals surface area contributed by atoms with Gasteiger partial charge in [-0.15, -0.1) is 5.10 Å². The molecule has 2 aliphatic rings. The maximum Gasteiger partial charge on any atom is 0.226 e. The molecule has 1 aromatic heterocycles. The minimum absolute atomic E-state index is 0.550. The lowest BCUT2D eigenvalue weighted by Gasteiger charge is -2.35. The van der Waals surface area contributed by atoms with Crippen LogP contribution >= 0.6 is 12.2 Å². The summed E-state index contributed by atoms with van der Waals surface area (Å²) >= 11 is 5.48. The van der Waals surface area contributed by atoms with Gasteiger partial charge in [0.15, 0.2) is 4.77 Å². The van der Waals surface area contributed by atoms with Crippen molar-refractivity contribution in [2.45, 2.75) is 45.1 Å². The number of anilines is 1. The molecule has 20 heavy (non-hydrogen) atoms. The monoisotopic (exact) mass is 295 g/mol. The maximum absolute atomic E-state index is 5.48. The Bertz CT molecular complexity index is 480. The van der Waals surface area contributed by atoms with Gasteiger partial charge >= 0.3 is 0 Å². The molecule has 0 bridgehead atoms. The number of nitrogens with one attached hydrogen (secondary N) is 1. The first-order valence-electron chi connectivity index (χ1n) is 7.94. The summed E-state index contributed by atoms with van der Waals surface area (Å²) in [6.07, 6.45) is 6.50. The molecule has 0 unspecified atom stereocenters. The molecule has 5 nitrogen and oxygen atoms in total. The van der Waals surface area contributed by atoms with Crippen molar-refractivity contribution >= 4 is 18.2 Å². The van der Waals surface area contributed by atoms with Gasteiger partial charge in [-0.3, -0.25) is 4.57 Å². The molecule has 3 rings (SSSR count). The van der Waals surface area contributed by atoms with E-state index in [4.69, 9.17) is 12.2 Å². The number of likely N-dealkylation sites (N-methyl/N-ethyl adjacent to an activating group) is 1. The average Bonchev–Trinajstić information content (AvgIpc) is 2.90. The number of H-pyrrole nitrogens is 1. The molecule has 1 saturated carbocycles. The molecule has 112 valence electrons. The van der Waals surface area contributed by atoms with Crippen molar-refractivity contribution in [2.24, 2.45) is 0 Å². The Morgan fingerprint density at radius 3 is 2.50 bits per heavy atom. The van der Waals surface area contributed by atoms with Gasteiger partial charge in [0, 0.05) is 32.2 Å². The van der Waals surface area contributed by atoms with Crippen LogP contribution in [-0.4, -0.2) is 52.4 Å². The van der Waals surface area contributed by atoms with Crippen LogP contribution in [0.5, 0.6) is 0 Å². The zero-order valence-electron chi connectivity index (χ0n) is 12.3. The summed E-state index contributed by atoms with van der Waals surface area (Å²) < 4.78 is 3.08. The van der Waals surface area contributed by atoms with E-state index in [1.807, 2.05) is 0 Å². The Kier molecular flexibility index (Phi) is 4.41. The molecule has 2 fully saturated rings. The average molecular weight is 295 g/mol. The topological polar surface area (TPSA) is 40.1 Å². The molecule has 1 aliphatic carbocycles. The first-order chi connectivity index (χ1) is 9.79. The Hall–Kier alpha value is -0.880. The van der Waals surface area contributed by atoms with E-state index in [1.165, 1.54) is 32.1 Å². The summed E-state index contributed by atoms with van der Waals surface area (Å²) in [5.74, 6) is 1.07. The fourth-order valence-corrected chi connectivity index (χ4v) is 3.73. The minimum atomic E-state index is 0.550. The van der Waals surface area contributed by atoms with Crippen LogP contribution in [0.4, 0.5) is 5.95 Å². The van der Waals surface area contributed by atoms with E-state index in [1.54, 1.807) is 0 Å². The van der Waals surface area contributed by atoms with Crippen molar-refractivity contribution in [3.8, 4) is 0 Å². The molecule has 1 saturated heterocycles. The fourth-order valence-electron chi connectivity index (χ4n) is 3.45. The lowest BCUT2D eigenvalue weighted by molar-refractivity contribution is 0.266. The van der Waals surface area contributed by atoms with Crippen molar-refractivity contribution in [3.05, 3.63) is 4.77 Å². The molecule has 0 amide bonds. The van der Waals surface area contributed by atoms with Gasteiger partial charge in [-0.2, -0.15) is 0 Å². The molecule has 0 atom stereocenters. The van der Waals surface area contributed by atoms with Crippen LogP contribution < -0.4 is 4.90 Å². The van der Waals surface area contributed by atoms with Crippen LogP contribution in [0.2, 0.25) is 0 Å². The van der Waals surface area contributed by atoms with E-state index in [-0.39, 0.29) is 0 Å². The van der Waals surface area contributed by atoms with Crippen molar-refractivity contribution < 1.29 is 0 Å². The number of rotatable bonds is 3. The first-order valence-corrected chi connectivity index (χ1v) is 8.34. The second-order valence-corrected chi connectivity index (χ2v) is 6.30. The number of hydrogen-bond acceptors (Lipinski definition) is 4. The van der Waals surface area contributed by atoms with E-state index in [0.29, 0.717) is 6.04 Å². The highest BCUT2D eigenvalue weighted by molar-refractivity contribution is 7.71. The van der Waals surface area contributed by atoms with E-state index >= 15 is 0 Å². The van der Waals surface area contributed by atoms with Crippen molar-refractivity contribution in [3.63, 3.8) is 0 Å². The molecule has 0 spiro atoms. The third-order valence-electron chi connectivity index (χ3n) is 4.73. The highest BCUT2D eigenvalue weighted by Crippen LogP contribution is 2.31. The number of aromatic amines is 1. The van der Waals surface area contributed by atoms with Crippen LogP contribution in [0, 0.1) is 4.77 Å². The molecule has 1 aromatic rings. The standard InChI is InChI=1S/C14H25N5S/c1-2-17-8-10-18(11-9-17)13-15-16-14(20)19(13)12-6-4-3-5-7-12/h12H,2-11H2,1H3,(H,16,20). The molecule has 0 aromatic carbocycles. The third kappa shape index (κ3) is 2.76. The third-order valence-corrected chi connectivity index (χ3v) is 5.02. The van der Waals surface area contributed by atoms with Crippen LogP contribution in [0.15, 0.2) is 0 Å². The normalized spacial score (nSPS) is 22.4. The van der Waals surface area contributed by atoms with E-state index in [2.05, 4.69) is 31.5 Å². The highest BCUT2D eigenvalue weighted by atomic mass is 32.1. The molecular formula is C14H25N5S. The Labute approximate surface area is 126 Å². The number of hydrogen-bond donors (Lipinski definition) is 1. The minimum Gasteiger partial charge on any atom is -0.338 e. The van der Waals surface area contributed by atoms with E-state index < -0.39 is 0 Å². The number of nitrogens with zero attached hydrogens (tertiary/aromatic N) is 4. The summed E-state index contributed by atoms with van der Waals surface area (Å²) in [5.41, 5.74) is 0. The van der Waals surface area contributed by atoms with Gasteiger partial charge in [0.25, 0.3) is 0 Å². The van der Waals surface area contributed by atoms with Gasteiger partial charge in [-0.05, 0) is 31.6 Å². The Morgan fingerprint density at radius 2 is 1.85 bits per heavy atom. The SMILES string of the molecule is CCN1CCN(c2n[nH]c(=S)n2C2CCCCC2)CC1. The zero-order valence-corrected chi connectivity index (χ0v) is 13.2. The van der Waals surface area contributed by atoms with Gasteiger partial charge in [0.05, 0.1) is 0 Å². The molecule has 6 heteroatoms. The maximum atomic E-state index is 5.48. The first kappa shape index (κ1) is 14.1. The van der Waals surface area contributed by atoms with E-state index in [9.17, 15) is 0 Å². The van der Waals surface area contributed by atoms with Crippen molar-refractivity contribution in [1.29, 1.82) is 0 Å². The fraction of sp³-hybridized carbons (Fsp3) is 0.857. The largest absolute Gasteiger partial charge is 0.338 e. The van der Waals surface area contributed by atoms with Gasteiger partial charge < -0.3 is 9.80 Å². The van der Waals surface area contributed by atoms with Gasteiger partial charge in [0.2, 0.25) is 5.95 Å². The molecule has 1 N–H and O–H groups in total. The molecule has 0 radical (unpaired) electrons. The van der Waals surface area contributed by atoms with E-state index in [0.717, 1.165) is 43.4 Å². The van der Waals surface area contributed by atoms with Crippen molar-refractivity contribution in [1.82, 2.24) is 19.7 Å². The van der Waals surface area contributed by atoms with Crippen LogP contribution in [0.25, 0.3) is 0 Å². The predicted octanol–water partition coefficient (Wildman–Crippen LogP) is 2.59. The molecule has 1 aliphatic heterocycles. The second-order valence-electron chi connectivity index (χ2n) is 5.91. The molecule has 2 heterocycles. The van der Waals surface area contributed by atoms with Crippen LogP contribution in [0.3, 0.4) is 0 Å². The summed E-state index contributed by atoms with van der Waals surface area (Å²) in [5, 5.41) is 7.54. The van der Waals surface area contributed by atoms with Crippen LogP contribution in [-0.2, 0) is 0 Å². The quantitative estimate of drug-likeness (QED) is 0.870. The smallest absolute Gasteiger partial charge is 0.226 e. The van der Waals surface area contributed by atoms with Gasteiger partial charge in [-0.1, -0.05) is 26.2 Å². The Morgan fingerprint density at radius 1 is 1.15 bits per heavy atom. The van der Waals surface area contributed by atoms with Gasteiger partial charge in [-0.25, -0.2) is 5.10 Å². The lowest BCUT2D eigenvalue weighted by atomic mass is 9.95. The summed E-state index contributed by atoms with van der Waals surface area (Å²) in [6.45, 7) is 7.74. The zero-order chi connectivity index (χ0) is 13.9. The predicted molar refractivity (Wildman–Crippen MR) is 83.9 cm³/mol. The Balaban J connectivity index is 1.78. The van der Waals surface area contributed by atoms with Crippen molar-refractivity contribution in [2.75, 3.05) is 37.6 Å².